The minimum atomic E-state index is -0.867. The molecule has 1 aromatic rings. The van der Waals surface area contributed by atoms with Crippen molar-refractivity contribution in [3.05, 3.63) is 34.2 Å². The smallest absolute Gasteiger partial charge is 0.303 e. The van der Waals surface area contributed by atoms with E-state index in [-0.39, 0.29) is 23.8 Å². The van der Waals surface area contributed by atoms with E-state index in [9.17, 15) is 14.4 Å². The lowest BCUT2D eigenvalue weighted by Crippen LogP contribution is -2.31. The van der Waals surface area contributed by atoms with Gasteiger partial charge >= 0.3 is 5.97 Å². The number of aromatic nitrogens is 1. The van der Waals surface area contributed by atoms with Gasteiger partial charge in [-0.05, 0) is 24.3 Å². The van der Waals surface area contributed by atoms with Gasteiger partial charge in [0.15, 0.2) is 0 Å². The van der Waals surface area contributed by atoms with Crippen LogP contribution in [0.25, 0.3) is 0 Å². The maximum Gasteiger partial charge on any atom is 0.303 e. The lowest BCUT2D eigenvalue weighted by Gasteiger charge is -2.17. The van der Waals surface area contributed by atoms with Crippen molar-refractivity contribution < 1.29 is 14.7 Å². The van der Waals surface area contributed by atoms with Crippen LogP contribution in [0.1, 0.15) is 37.0 Å². The van der Waals surface area contributed by atoms with Crippen molar-refractivity contribution in [1.82, 2.24) is 10.3 Å². The zero-order valence-electron chi connectivity index (χ0n) is 11.7. The fourth-order valence-electron chi connectivity index (χ4n) is 2.04. The summed E-state index contributed by atoms with van der Waals surface area (Å²) in [5.41, 5.74) is 0.0772. The Morgan fingerprint density at radius 3 is 2.55 bits per heavy atom. The van der Waals surface area contributed by atoms with E-state index in [4.69, 9.17) is 5.11 Å². The van der Waals surface area contributed by atoms with Crippen molar-refractivity contribution in [2.75, 3.05) is 6.54 Å². The Kier molecular flexibility index (Phi) is 5.96. The van der Waals surface area contributed by atoms with Gasteiger partial charge in [-0.25, -0.2) is 0 Å². The molecule has 0 fully saturated rings. The number of nitrogens with one attached hydrogen (secondary N) is 2. The molecule has 0 saturated heterocycles. The molecule has 1 atom stereocenters. The lowest BCUT2D eigenvalue weighted by atomic mass is 9.94. The Morgan fingerprint density at radius 1 is 1.35 bits per heavy atom. The van der Waals surface area contributed by atoms with Crippen molar-refractivity contribution in [3.63, 3.8) is 0 Å². The van der Waals surface area contributed by atoms with Gasteiger partial charge in [-0.3, -0.25) is 14.4 Å². The molecule has 6 heteroatoms. The van der Waals surface area contributed by atoms with Crippen LogP contribution in [-0.4, -0.2) is 28.5 Å². The van der Waals surface area contributed by atoms with Gasteiger partial charge in [0, 0.05) is 25.2 Å². The summed E-state index contributed by atoms with van der Waals surface area (Å²) in [6.07, 6.45) is 2.11. The second-order valence-corrected chi connectivity index (χ2v) is 5.25. The van der Waals surface area contributed by atoms with Crippen molar-refractivity contribution >= 4 is 11.9 Å². The average molecular weight is 280 g/mol. The predicted molar refractivity (Wildman–Crippen MR) is 74.6 cm³/mol. The van der Waals surface area contributed by atoms with Gasteiger partial charge in [0.2, 0.25) is 5.56 Å². The molecule has 3 N–H and O–H groups in total. The van der Waals surface area contributed by atoms with E-state index in [0.29, 0.717) is 18.0 Å². The number of aromatic amines is 1. The van der Waals surface area contributed by atoms with Gasteiger partial charge in [0.25, 0.3) is 5.91 Å². The number of hydrogen-bond acceptors (Lipinski definition) is 3. The third kappa shape index (κ3) is 5.69. The standard InChI is InChI=1S/C14H20N2O4/c1-9(2)5-10(6-13(18)19)7-16-14(20)11-3-4-12(17)15-8-11/h3-4,8-10H,5-7H2,1-2H3,(H,15,17)(H,16,20)(H,18,19). The quantitative estimate of drug-likeness (QED) is 0.699. The molecule has 1 aromatic heterocycles. The third-order valence-electron chi connectivity index (χ3n) is 2.87. The molecule has 20 heavy (non-hydrogen) atoms. The van der Waals surface area contributed by atoms with E-state index < -0.39 is 5.97 Å². The highest BCUT2D eigenvalue weighted by atomic mass is 16.4. The number of carboxylic acids is 1. The molecule has 1 heterocycles. The number of rotatable bonds is 7. The Labute approximate surface area is 117 Å². The second-order valence-electron chi connectivity index (χ2n) is 5.25. The molecule has 0 saturated carbocycles. The number of amides is 1. The molecule has 0 aromatic carbocycles. The Bertz CT molecular complexity index is 502. The summed E-state index contributed by atoms with van der Waals surface area (Å²) in [6.45, 7) is 4.33. The molecule has 1 rings (SSSR count). The molecule has 6 nitrogen and oxygen atoms in total. The summed E-state index contributed by atoms with van der Waals surface area (Å²) in [5.74, 6) is -0.919. The van der Waals surface area contributed by atoms with Gasteiger partial charge in [0.1, 0.15) is 0 Å². The van der Waals surface area contributed by atoms with E-state index in [1.807, 2.05) is 13.8 Å². The van der Waals surface area contributed by atoms with E-state index in [1.165, 1.54) is 18.3 Å². The number of carboxylic acid groups (broad SMARTS) is 1. The highest BCUT2D eigenvalue weighted by molar-refractivity contribution is 5.93. The summed E-state index contributed by atoms with van der Waals surface area (Å²) in [5, 5.41) is 11.6. The van der Waals surface area contributed by atoms with Gasteiger partial charge in [-0.15, -0.1) is 0 Å². The largest absolute Gasteiger partial charge is 0.481 e. The fraction of sp³-hybridized carbons (Fsp3) is 0.500. The van der Waals surface area contributed by atoms with Crippen LogP contribution in [0.5, 0.6) is 0 Å². The van der Waals surface area contributed by atoms with Crippen molar-refractivity contribution in [3.8, 4) is 0 Å². The highest BCUT2D eigenvalue weighted by Crippen LogP contribution is 2.14. The topological polar surface area (TPSA) is 99.3 Å². The zero-order chi connectivity index (χ0) is 15.1. The normalized spacial score (nSPS) is 12.2. The third-order valence-corrected chi connectivity index (χ3v) is 2.87. The number of aliphatic carboxylic acids is 1. The summed E-state index contributed by atoms with van der Waals surface area (Å²) in [6, 6.07) is 2.71. The molecular formula is C14H20N2O4. The molecular weight excluding hydrogens is 260 g/mol. The van der Waals surface area contributed by atoms with Crippen molar-refractivity contribution in [2.45, 2.75) is 26.7 Å². The second kappa shape index (κ2) is 7.47. The van der Waals surface area contributed by atoms with Crippen LogP contribution in [0.4, 0.5) is 0 Å². The number of H-pyrrole nitrogens is 1. The molecule has 0 spiro atoms. The van der Waals surface area contributed by atoms with Gasteiger partial charge in [-0.2, -0.15) is 0 Å². The van der Waals surface area contributed by atoms with Crippen LogP contribution in [0.3, 0.4) is 0 Å². The van der Waals surface area contributed by atoms with E-state index in [1.54, 1.807) is 0 Å². The number of carbonyl (C=O) groups is 2. The molecule has 0 radical (unpaired) electrons. The van der Waals surface area contributed by atoms with Crippen LogP contribution in [0.15, 0.2) is 23.1 Å². The summed E-state index contributed by atoms with van der Waals surface area (Å²) in [7, 11) is 0. The summed E-state index contributed by atoms with van der Waals surface area (Å²) < 4.78 is 0. The Hall–Kier alpha value is -2.11. The minimum absolute atomic E-state index is 0.0318. The van der Waals surface area contributed by atoms with Crippen LogP contribution in [0.2, 0.25) is 0 Å². The number of hydrogen-bond donors (Lipinski definition) is 3. The highest BCUT2D eigenvalue weighted by Gasteiger charge is 2.16. The van der Waals surface area contributed by atoms with Crippen LogP contribution < -0.4 is 10.9 Å². The van der Waals surface area contributed by atoms with Gasteiger partial charge in [0.05, 0.1) is 5.56 Å². The monoisotopic (exact) mass is 280 g/mol. The molecule has 0 aliphatic heterocycles. The van der Waals surface area contributed by atoms with Gasteiger partial charge < -0.3 is 15.4 Å². The van der Waals surface area contributed by atoms with Crippen LogP contribution in [0, 0.1) is 11.8 Å². The average Bonchev–Trinajstić information content (AvgIpc) is 2.35. The molecule has 0 bridgehead atoms. The van der Waals surface area contributed by atoms with E-state index in [2.05, 4.69) is 10.3 Å². The van der Waals surface area contributed by atoms with Crippen molar-refractivity contribution in [2.24, 2.45) is 11.8 Å². The SMILES string of the molecule is CC(C)CC(CNC(=O)c1ccc(=O)[nH]c1)CC(=O)O. The molecule has 110 valence electrons. The van der Waals surface area contributed by atoms with Crippen LogP contribution in [-0.2, 0) is 4.79 Å². The Morgan fingerprint density at radius 2 is 2.05 bits per heavy atom. The Balaban J connectivity index is 2.57. The summed E-state index contributed by atoms with van der Waals surface area (Å²) >= 11 is 0. The molecule has 0 aliphatic carbocycles. The van der Waals surface area contributed by atoms with Crippen LogP contribution >= 0.6 is 0 Å². The minimum Gasteiger partial charge on any atom is -0.481 e. The van der Waals surface area contributed by atoms with Crippen molar-refractivity contribution in [1.29, 1.82) is 0 Å². The summed E-state index contributed by atoms with van der Waals surface area (Å²) in [4.78, 5) is 36.0. The first kappa shape index (κ1) is 15.9. The lowest BCUT2D eigenvalue weighted by molar-refractivity contribution is -0.138. The van der Waals surface area contributed by atoms with E-state index in [0.717, 1.165) is 6.42 Å². The maximum absolute atomic E-state index is 11.9. The fourth-order valence-corrected chi connectivity index (χ4v) is 2.04. The molecule has 0 aliphatic rings. The first-order valence-corrected chi connectivity index (χ1v) is 6.57. The molecule has 1 amide bonds. The maximum atomic E-state index is 11.9. The first-order valence-electron chi connectivity index (χ1n) is 6.57. The predicted octanol–water partition coefficient (Wildman–Crippen LogP) is 1.24. The van der Waals surface area contributed by atoms with Gasteiger partial charge in [-0.1, -0.05) is 13.8 Å². The number of pyridine rings is 1. The molecule has 1 unspecified atom stereocenters. The number of carbonyl (C=O) groups excluding carboxylic acids is 1. The zero-order valence-corrected chi connectivity index (χ0v) is 11.7. The van der Waals surface area contributed by atoms with E-state index >= 15 is 0 Å². The first-order chi connectivity index (χ1) is 9.38.